The molecule has 12 heteroatoms. The number of pyridine rings is 1. The van der Waals surface area contributed by atoms with E-state index >= 15 is 0 Å². The van der Waals surface area contributed by atoms with Crippen molar-refractivity contribution >= 4 is 21.4 Å². The van der Waals surface area contributed by atoms with Crippen molar-refractivity contribution in [2.24, 2.45) is 0 Å². The maximum atomic E-state index is 14.0. The van der Waals surface area contributed by atoms with Crippen molar-refractivity contribution in [3.63, 3.8) is 0 Å². The number of nitrogens with zero attached hydrogens (tertiary/aromatic N) is 4. The number of sulfonamides is 1. The Bertz CT molecular complexity index is 1450. The summed E-state index contributed by atoms with van der Waals surface area (Å²) < 4.78 is 61.7. The number of ether oxygens (including phenoxy) is 1. The van der Waals surface area contributed by atoms with Crippen LogP contribution in [-0.4, -0.2) is 34.9 Å². The largest absolute Gasteiger partial charge is 0.480 e. The van der Waals surface area contributed by atoms with Gasteiger partial charge in [-0.2, -0.15) is 0 Å². The van der Waals surface area contributed by atoms with Crippen LogP contribution < -0.4 is 15.0 Å². The van der Waals surface area contributed by atoms with E-state index in [1.807, 2.05) is 0 Å². The second kappa shape index (κ2) is 7.72. The van der Waals surface area contributed by atoms with Gasteiger partial charge < -0.3 is 4.74 Å². The van der Waals surface area contributed by atoms with Crippen LogP contribution in [0.25, 0.3) is 16.9 Å². The molecule has 1 N–H and O–H groups in total. The van der Waals surface area contributed by atoms with Gasteiger partial charge in [-0.1, -0.05) is 6.07 Å². The van der Waals surface area contributed by atoms with Crippen LogP contribution >= 0.6 is 0 Å². The molecular formula is C19H13F2N5O4S. The molecule has 0 unspecified atom stereocenters. The summed E-state index contributed by atoms with van der Waals surface area (Å²) in [5.41, 5.74) is 0.378. The van der Waals surface area contributed by atoms with E-state index in [1.54, 1.807) is 0 Å². The highest BCUT2D eigenvalue weighted by Gasteiger charge is 2.25. The number of anilines is 1. The van der Waals surface area contributed by atoms with E-state index in [2.05, 4.69) is 19.7 Å². The number of benzene rings is 1. The van der Waals surface area contributed by atoms with E-state index in [4.69, 9.17) is 4.74 Å². The summed E-state index contributed by atoms with van der Waals surface area (Å²) in [6.07, 6.45) is 5.46. The maximum absolute atomic E-state index is 14.0. The molecule has 0 aliphatic rings. The summed E-state index contributed by atoms with van der Waals surface area (Å²) in [6, 6.07) is 5.29. The molecule has 158 valence electrons. The number of rotatable bonds is 5. The third-order valence-corrected chi connectivity index (χ3v) is 5.67. The standard InChI is InChI=1S/C19H13F2N5O4S/c1-30-19-14(25-31(28,29)18-12(20)3-2-4-13(18)21)7-11(8-24-19)15-10-26-16(9-23-15)22-6-5-17(26)27/h2-10,25H,1H3. The molecule has 0 spiro atoms. The Morgan fingerprint density at radius 2 is 1.81 bits per heavy atom. The van der Waals surface area contributed by atoms with Crippen LogP contribution in [0, 0.1) is 11.6 Å². The highest BCUT2D eigenvalue weighted by Crippen LogP contribution is 2.30. The summed E-state index contributed by atoms with van der Waals surface area (Å²) in [6.45, 7) is 0. The van der Waals surface area contributed by atoms with Crippen LogP contribution in [0.15, 0.2) is 64.8 Å². The van der Waals surface area contributed by atoms with Gasteiger partial charge >= 0.3 is 0 Å². The summed E-state index contributed by atoms with van der Waals surface area (Å²) in [7, 11) is -3.40. The molecule has 4 aromatic rings. The second-order valence-corrected chi connectivity index (χ2v) is 7.84. The molecule has 0 atom stereocenters. The van der Waals surface area contributed by atoms with Gasteiger partial charge in [-0.3, -0.25) is 18.9 Å². The lowest BCUT2D eigenvalue weighted by atomic mass is 10.2. The van der Waals surface area contributed by atoms with E-state index < -0.39 is 26.6 Å². The third-order valence-electron chi connectivity index (χ3n) is 4.25. The second-order valence-electron chi connectivity index (χ2n) is 6.22. The van der Waals surface area contributed by atoms with Crippen LogP contribution in [-0.2, 0) is 10.0 Å². The van der Waals surface area contributed by atoms with Crippen LogP contribution in [0.5, 0.6) is 5.88 Å². The smallest absolute Gasteiger partial charge is 0.267 e. The van der Waals surface area contributed by atoms with E-state index in [-0.39, 0.29) is 22.8 Å². The lowest BCUT2D eigenvalue weighted by molar-refractivity contribution is 0.400. The SMILES string of the molecule is COc1ncc(-c2cn3c(=O)ccnc3cn2)cc1NS(=O)(=O)c1c(F)cccc1F. The van der Waals surface area contributed by atoms with E-state index in [0.29, 0.717) is 11.2 Å². The molecular weight excluding hydrogens is 432 g/mol. The van der Waals surface area contributed by atoms with Crippen molar-refractivity contribution in [2.45, 2.75) is 4.90 Å². The fourth-order valence-corrected chi connectivity index (χ4v) is 4.04. The first-order chi connectivity index (χ1) is 14.8. The van der Waals surface area contributed by atoms with Gasteiger partial charge in [-0.25, -0.2) is 27.2 Å². The molecule has 0 aliphatic heterocycles. The van der Waals surface area contributed by atoms with Crippen molar-refractivity contribution < 1.29 is 21.9 Å². The van der Waals surface area contributed by atoms with Gasteiger partial charge in [-0.15, -0.1) is 0 Å². The minimum absolute atomic E-state index is 0.135. The van der Waals surface area contributed by atoms with Crippen LogP contribution in [0.3, 0.4) is 0 Å². The Kier molecular flexibility index (Phi) is 5.07. The van der Waals surface area contributed by atoms with Gasteiger partial charge in [0.15, 0.2) is 10.5 Å². The Hall–Kier alpha value is -3.93. The average molecular weight is 445 g/mol. The van der Waals surface area contributed by atoms with Gasteiger partial charge in [0.1, 0.15) is 17.3 Å². The van der Waals surface area contributed by atoms with Crippen molar-refractivity contribution in [3.05, 3.63) is 77.1 Å². The lowest BCUT2D eigenvalue weighted by Gasteiger charge is -2.13. The first-order valence-electron chi connectivity index (χ1n) is 8.65. The van der Waals surface area contributed by atoms with Gasteiger partial charge in [0.2, 0.25) is 5.88 Å². The molecule has 0 radical (unpaired) electrons. The molecule has 0 saturated heterocycles. The van der Waals surface area contributed by atoms with Crippen LogP contribution in [0.4, 0.5) is 14.5 Å². The van der Waals surface area contributed by atoms with Crippen LogP contribution in [0.2, 0.25) is 0 Å². The number of nitrogens with one attached hydrogen (secondary N) is 1. The zero-order valence-electron chi connectivity index (χ0n) is 15.8. The average Bonchev–Trinajstić information content (AvgIpc) is 2.73. The number of hydrogen-bond donors (Lipinski definition) is 1. The molecule has 3 heterocycles. The summed E-state index contributed by atoms with van der Waals surface area (Å²) in [5, 5.41) is 0. The number of fused-ring (bicyclic) bond motifs is 1. The van der Waals surface area contributed by atoms with Crippen LogP contribution in [0.1, 0.15) is 0 Å². The normalized spacial score (nSPS) is 11.5. The maximum Gasteiger partial charge on any atom is 0.267 e. The van der Waals surface area contributed by atoms with E-state index in [1.165, 1.54) is 48.4 Å². The van der Waals surface area contributed by atoms with E-state index in [9.17, 15) is 22.0 Å². The Balaban J connectivity index is 1.80. The first-order valence-corrected chi connectivity index (χ1v) is 10.1. The van der Waals surface area contributed by atoms with Gasteiger partial charge in [0.25, 0.3) is 15.6 Å². The molecule has 0 bridgehead atoms. The molecule has 9 nitrogen and oxygen atoms in total. The van der Waals surface area contributed by atoms with E-state index in [0.717, 1.165) is 18.2 Å². The Labute approximate surface area is 174 Å². The third kappa shape index (κ3) is 3.80. The summed E-state index contributed by atoms with van der Waals surface area (Å²) in [4.78, 5) is 23.1. The number of aromatic nitrogens is 4. The van der Waals surface area contributed by atoms with Crippen molar-refractivity contribution in [1.29, 1.82) is 0 Å². The highest BCUT2D eigenvalue weighted by molar-refractivity contribution is 7.92. The molecule has 3 aromatic heterocycles. The number of methoxy groups -OCH3 is 1. The molecule has 0 amide bonds. The zero-order chi connectivity index (χ0) is 22.2. The fourth-order valence-electron chi connectivity index (χ4n) is 2.85. The number of halogens is 2. The minimum atomic E-state index is -4.65. The quantitative estimate of drug-likeness (QED) is 0.501. The van der Waals surface area contributed by atoms with Gasteiger partial charge in [0.05, 0.1) is 19.0 Å². The Morgan fingerprint density at radius 1 is 1.06 bits per heavy atom. The summed E-state index contributed by atoms with van der Waals surface area (Å²) >= 11 is 0. The summed E-state index contributed by atoms with van der Waals surface area (Å²) in [5.74, 6) is -2.64. The minimum Gasteiger partial charge on any atom is -0.480 e. The zero-order valence-corrected chi connectivity index (χ0v) is 16.6. The van der Waals surface area contributed by atoms with Gasteiger partial charge in [0, 0.05) is 30.2 Å². The predicted molar refractivity (Wildman–Crippen MR) is 106 cm³/mol. The fraction of sp³-hybridized carbons (Fsp3) is 0.0526. The van der Waals surface area contributed by atoms with Crippen molar-refractivity contribution in [2.75, 3.05) is 11.8 Å². The van der Waals surface area contributed by atoms with Crippen molar-refractivity contribution in [3.8, 4) is 17.1 Å². The topological polar surface area (TPSA) is 116 Å². The predicted octanol–water partition coefficient (Wildman–Crippen LogP) is 2.24. The monoisotopic (exact) mass is 445 g/mol. The molecule has 4 rings (SSSR count). The molecule has 31 heavy (non-hydrogen) atoms. The molecule has 0 saturated carbocycles. The Morgan fingerprint density at radius 3 is 2.52 bits per heavy atom. The first kappa shape index (κ1) is 20.3. The molecule has 0 aliphatic carbocycles. The van der Waals surface area contributed by atoms with Crippen molar-refractivity contribution in [1.82, 2.24) is 19.4 Å². The molecule has 1 aromatic carbocycles. The molecule has 0 fully saturated rings. The highest BCUT2D eigenvalue weighted by atomic mass is 32.2. The number of hydrogen-bond acceptors (Lipinski definition) is 7. The van der Waals surface area contributed by atoms with Gasteiger partial charge in [-0.05, 0) is 18.2 Å². The lowest BCUT2D eigenvalue weighted by Crippen LogP contribution is -2.17.